The molecule has 0 saturated carbocycles. The second-order valence-corrected chi connectivity index (χ2v) is 7.18. The lowest BCUT2D eigenvalue weighted by atomic mass is 9.93. The summed E-state index contributed by atoms with van der Waals surface area (Å²) in [6.45, 7) is 10.5. The number of carbonyl (C=O) groups is 2. The van der Waals surface area contributed by atoms with Gasteiger partial charge in [0.1, 0.15) is 0 Å². The number of aryl methyl sites for hydroxylation is 2. The van der Waals surface area contributed by atoms with Gasteiger partial charge in [-0.2, -0.15) is 0 Å². The third kappa shape index (κ3) is 3.52. The maximum Gasteiger partial charge on any atom is 0.254 e. The highest BCUT2D eigenvalue weighted by atomic mass is 16.2. The van der Waals surface area contributed by atoms with Gasteiger partial charge in [-0.15, -0.1) is 0 Å². The molecule has 5 nitrogen and oxygen atoms in total. The topological polar surface area (TPSA) is 56.4 Å². The molecule has 3 rings (SSSR count). The number of rotatable bonds is 3. The lowest BCUT2D eigenvalue weighted by Gasteiger charge is -2.35. The molecule has 2 aromatic rings. The first-order valence-corrected chi connectivity index (χ1v) is 9.15. The van der Waals surface area contributed by atoms with Crippen LogP contribution in [0.5, 0.6) is 0 Å². The van der Waals surface area contributed by atoms with Crippen LogP contribution in [0.4, 0.5) is 0 Å². The molecule has 1 aliphatic rings. The number of piperazine rings is 1. The van der Waals surface area contributed by atoms with Crippen LogP contribution in [-0.2, 0) is 11.2 Å². The van der Waals surface area contributed by atoms with Gasteiger partial charge in [-0.3, -0.25) is 9.59 Å². The summed E-state index contributed by atoms with van der Waals surface area (Å²) in [6, 6.07) is 5.95. The van der Waals surface area contributed by atoms with Crippen molar-refractivity contribution in [3.05, 3.63) is 57.9 Å². The predicted octanol–water partition coefficient (Wildman–Crippen LogP) is 2.78. The standard InChI is InChI=1S/C21H27N3O2/c1-14-12-15(2)17(4)20(16(14)3)21(26)24-10-8-23(9-11-24)19(25)13-18-6-5-7-22-18/h5-7,12,22H,8-11,13H2,1-4H3. The highest BCUT2D eigenvalue weighted by Crippen LogP contribution is 2.23. The van der Waals surface area contributed by atoms with E-state index in [-0.39, 0.29) is 11.8 Å². The predicted molar refractivity (Wildman–Crippen MR) is 102 cm³/mol. The molecular formula is C21H27N3O2. The zero-order valence-electron chi connectivity index (χ0n) is 16.1. The van der Waals surface area contributed by atoms with E-state index in [2.05, 4.69) is 24.9 Å². The molecule has 26 heavy (non-hydrogen) atoms. The van der Waals surface area contributed by atoms with Crippen molar-refractivity contribution >= 4 is 11.8 Å². The van der Waals surface area contributed by atoms with Crippen LogP contribution in [0.15, 0.2) is 24.4 Å². The van der Waals surface area contributed by atoms with Crippen LogP contribution in [0.2, 0.25) is 0 Å². The van der Waals surface area contributed by atoms with Crippen LogP contribution >= 0.6 is 0 Å². The van der Waals surface area contributed by atoms with E-state index < -0.39 is 0 Å². The lowest BCUT2D eigenvalue weighted by Crippen LogP contribution is -2.51. The van der Waals surface area contributed by atoms with Crippen molar-refractivity contribution in [2.75, 3.05) is 26.2 Å². The van der Waals surface area contributed by atoms with E-state index in [1.165, 1.54) is 0 Å². The second-order valence-electron chi connectivity index (χ2n) is 7.18. The number of carbonyl (C=O) groups excluding carboxylic acids is 2. The molecule has 0 spiro atoms. The van der Waals surface area contributed by atoms with Gasteiger partial charge < -0.3 is 14.8 Å². The summed E-state index contributed by atoms with van der Waals surface area (Å²) < 4.78 is 0. The molecule has 1 aromatic carbocycles. The number of nitrogens with one attached hydrogen (secondary N) is 1. The van der Waals surface area contributed by atoms with E-state index in [4.69, 9.17) is 0 Å². The first-order valence-electron chi connectivity index (χ1n) is 9.15. The third-order valence-electron chi connectivity index (χ3n) is 5.50. The second kappa shape index (κ2) is 7.36. The van der Waals surface area contributed by atoms with Crippen LogP contribution in [0, 0.1) is 27.7 Å². The van der Waals surface area contributed by atoms with Gasteiger partial charge in [-0.05, 0) is 62.1 Å². The van der Waals surface area contributed by atoms with E-state index >= 15 is 0 Å². The first kappa shape index (κ1) is 18.2. The average molecular weight is 353 g/mol. The number of amides is 2. The summed E-state index contributed by atoms with van der Waals surface area (Å²) in [6.07, 6.45) is 2.21. The molecule has 5 heteroatoms. The number of hydrogen-bond acceptors (Lipinski definition) is 2. The number of hydrogen-bond donors (Lipinski definition) is 1. The Labute approximate surface area is 155 Å². The van der Waals surface area contributed by atoms with E-state index in [0.717, 1.165) is 33.5 Å². The number of aromatic nitrogens is 1. The Morgan fingerprint density at radius 2 is 1.54 bits per heavy atom. The molecule has 1 fully saturated rings. The highest BCUT2D eigenvalue weighted by molar-refractivity contribution is 5.98. The molecule has 138 valence electrons. The normalized spacial score (nSPS) is 14.6. The molecule has 0 bridgehead atoms. The van der Waals surface area contributed by atoms with Gasteiger partial charge in [0, 0.05) is 43.6 Å². The quantitative estimate of drug-likeness (QED) is 0.922. The maximum atomic E-state index is 13.1. The number of nitrogens with zero attached hydrogens (tertiary/aromatic N) is 2. The van der Waals surface area contributed by atoms with E-state index in [9.17, 15) is 9.59 Å². The lowest BCUT2D eigenvalue weighted by molar-refractivity contribution is -0.132. The van der Waals surface area contributed by atoms with Crippen LogP contribution < -0.4 is 0 Å². The van der Waals surface area contributed by atoms with Gasteiger partial charge in [-0.25, -0.2) is 0 Å². The summed E-state index contributed by atoms with van der Waals surface area (Å²) in [5.41, 5.74) is 6.17. The highest BCUT2D eigenvalue weighted by Gasteiger charge is 2.27. The number of benzene rings is 1. The van der Waals surface area contributed by atoms with Gasteiger partial charge in [0.05, 0.1) is 6.42 Å². The van der Waals surface area contributed by atoms with Gasteiger partial charge >= 0.3 is 0 Å². The zero-order valence-corrected chi connectivity index (χ0v) is 16.1. The van der Waals surface area contributed by atoms with Crippen LogP contribution in [0.3, 0.4) is 0 Å². The minimum absolute atomic E-state index is 0.0864. The molecule has 1 saturated heterocycles. The van der Waals surface area contributed by atoms with Crippen molar-refractivity contribution < 1.29 is 9.59 Å². The van der Waals surface area contributed by atoms with Crippen molar-refractivity contribution in [3.8, 4) is 0 Å². The Morgan fingerprint density at radius 3 is 2.08 bits per heavy atom. The summed E-state index contributed by atoms with van der Waals surface area (Å²) in [4.78, 5) is 32.3. The molecule has 0 radical (unpaired) electrons. The SMILES string of the molecule is Cc1cc(C)c(C)c(C(=O)N2CCN(C(=O)Cc3ccc[nH]3)CC2)c1C. The van der Waals surface area contributed by atoms with E-state index in [1.54, 1.807) is 0 Å². The number of aromatic amines is 1. The first-order chi connectivity index (χ1) is 12.4. The molecular weight excluding hydrogens is 326 g/mol. The molecule has 1 aliphatic heterocycles. The van der Waals surface area contributed by atoms with Crippen molar-refractivity contribution in [3.63, 3.8) is 0 Å². The van der Waals surface area contributed by atoms with Crippen LogP contribution in [-0.4, -0.2) is 52.8 Å². The Bertz CT molecular complexity index is 790. The summed E-state index contributed by atoms with van der Waals surface area (Å²) in [7, 11) is 0. The molecule has 0 aliphatic carbocycles. The van der Waals surface area contributed by atoms with Crippen molar-refractivity contribution in [2.45, 2.75) is 34.1 Å². The van der Waals surface area contributed by atoms with E-state index in [0.29, 0.717) is 32.6 Å². The fourth-order valence-corrected chi connectivity index (χ4v) is 3.61. The fourth-order valence-electron chi connectivity index (χ4n) is 3.61. The fraction of sp³-hybridized carbons (Fsp3) is 0.429. The van der Waals surface area contributed by atoms with Gasteiger partial charge in [0.15, 0.2) is 0 Å². The molecule has 2 amide bonds. The van der Waals surface area contributed by atoms with Crippen LogP contribution in [0.25, 0.3) is 0 Å². The van der Waals surface area contributed by atoms with Gasteiger partial charge in [0.2, 0.25) is 5.91 Å². The van der Waals surface area contributed by atoms with Crippen molar-refractivity contribution in [2.24, 2.45) is 0 Å². The zero-order chi connectivity index (χ0) is 18.8. The number of H-pyrrole nitrogens is 1. The Balaban J connectivity index is 1.67. The summed E-state index contributed by atoms with van der Waals surface area (Å²) in [5.74, 6) is 0.196. The molecule has 0 unspecified atom stereocenters. The minimum Gasteiger partial charge on any atom is -0.365 e. The molecule has 0 atom stereocenters. The largest absolute Gasteiger partial charge is 0.365 e. The van der Waals surface area contributed by atoms with Gasteiger partial charge in [0.25, 0.3) is 5.91 Å². The van der Waals surface area contributed by atoms with E-state index in [1.807, 2.05) is 42.0 Å². The molecule has 1 N–H and O–H groups in total. The maximum absolute atomic E-state index is 13.1. The van der Waals surface area contributed by atoms with Crippen molar-refractivity contribution in [1.29, 1.82) is 0 Å². The third-order valence-corrected chi connectivity index (χ3v) is 5.50. The minimum atomic E-state index is 0.0864. The Kier molecular flexibility index (Phi) is 5.16. The van der Waals surface area contributed by atoms with Gasteiger partial charge in [-0.1, -0.05) is 6.07 Å². The summed E-state index contributed by atoms with van der Waals surface area (Å²) in [5, 5.41) is 0. The monoisotopic (exact) mass is 353 g/mol. The van der Waals surface area contributed by atoms with Crippen molar-refractivity contribution in [1.82, 2.24) is 14.8 Å². The Hall–Kier alpha value is -2.56. The molecule has 1 aromatic heterocycles. The molecule has 2 heterocycles. The smallest absolute Gasteiger partial charge is 0.254 e. The van der Waals surface area contributed by atoms with Crippen LogP contribution in [0.1, 0.15) is 38.3 Å². The average Bonchev–Trinajstić information content (AvgIpc) is 3.13. The summed E-state index contributed by atoms with van der Waals surface area (Å²) >= 11 is 0. The Morgan fingerprint density at radius 1 is 0.962 bits per heavy atom.